The second-order valence-electron chi connectivity index (χ2n) is 8.06. The van der Waals surface area contributed by atoms with E-state index in [1.807, 2.05) is 0 Å². The predicted molar refractivity (Wildman–Crippen MR) is 115 cm³/mol. The third-order valence-electron chi connectivity index (χ3n) is 5.41. The second kappa shape index (κ2) is 11.3. The van der Waals surface area contributed by atoms with Crippen molar-refractivity contribution >= 4 is 5.57 Å². The van der Waals surface area contributed by atoms with Gasteiger partial charge in [0, 0.05) is 5.92 Å². The van der Waals surface area contributed by atoms with E-state index >= 15 is 0 Å². The van der Waals surface area contributed by atoms with E-state index in [0.29, 0.717) is 11.8 Å². The fraction of sp³-hybridized carbons (Fsp3) is 0.600. The fourth-order valence-corrected chi connectivity index (χ4v) is 3.93. The van der Waals surface area contributed by atoms with E-state index in [1.165, 1.54) is 60.8 Å². The standard InChI is InChI=1S/C25H40/c1-8-13-20(5)25(24-15-11-10-12-16-24)22(7)21(6)23(14-9-2)18-17-19(3)4/h10-12,15-16,19,22-23H,6,8-9,13-14,17-18H2,1-5,7H3/b25-20+. The third kappa shape index (κ3) is 6.84. The van der Waals surface area contributed by atoms with Gasteiger partial charge in [-0.3, -0.25) is 0 Å². The predicted octanol–water partition coefficient (Wildman–Crippen LogP) is 8.31. The van der Waals surface area contributed by atoms with Gasteiger partial charge in [0.15, 0.2) is 0 Å². The highest BCUT2D eigenvalue weighted by atomic mass is 14.3. The first-order chi connectivity index (χ1) is 11.9. The van der Waals surface area contributed by atoms with Crippen molar-refractivity contribution in [2.45, 2.75) is 80.1 Å². The molecule has 0 heterocycles. The number of hydrogen-bond donors (Lipinski definition) is 0. The van der Waals surface area contributed by atoms with Crippen molar-refractivity contribution in [1.82, 2.24) is 0 Å². The molecule has 1 aromatic rings. The van der Waals surface area contributed by atoms with Crippen LogP contribution in [0, 0.1) is 17.8 Å². The normalized spacial score (nSPS) is 15.0. The van der Waals surface area contributed by atoms with Crippen molar-refractivity contribution in [2.24, 2.45) is 17.8 Å². The van der Waals surface area contributed by atoms with Crippen molar-refractivity contribution < 1.29 is 0 Å². The minimum absolute atomic E-state index is 0.428. The van der Waals surface area contributed by atoms with E-state index < -0.39 is 0 Å². The summed E-state index contributed by atoms with van der Waals surface area (Å²) in [6.07, 6.45) is 7.47. The Balaban J connectivity index is 3.12. The van der Waals surface area contributed by atoms with Crippen molar-refractivity contribution in [3.05, 3.63) is 53.6 Å². The molecule has 0 saturated carbocycles. The first-order valence-corrected chi connectivity index (χ1v) is 10.4. The zero-order chi connectivity index (χ0) is 18.8. The zero-order valence-electron chi connectivity index (χ0n) is 17.6. The Morgan fingerprint density at radius 1 is 0.920 bits per heavy atom. The molecule has 0 aliphatic carbocycles. The Morgan fingerprint density at radius 2 is 1.56 bits per heavy atom. The summed E-state index contributed by atoms with van der Waals surface area (Å²) in [5.41, 5.74) is 5.86. The smallest absolute Gasteiger partial charge is 0.00252 e. The molecule has 0 aromatic heterocycles. The van der Waals surface area contributed by atoms with Gasteiger partial charge in [-0.25, -0.2) is 0 Å². The summed E-state index contributed by atoms with van der Waals surface area (Å²) >= 11 is 0. The van der Waals surface area contributed by atoms with Crippen LogP contribution in [-0.4, -0.2) is 0 Å². The lowest BCUT2D eigenvalue weighted by Crippen LogP contribution is -2.14. The van der Waals surface area contributed by atoms with Crippen molar-refractivity contribution in [3.8, 4) is 0 Å². The number of hydrogen-bond acceptors (Lipinski definition) is 0. The molecule has 0 nitrogen and oxygen atoms in total. The van der Waals surface area contributed by atoms with Crippen LogP contribution in [0.15, 0.2) is 48.1 Å². The van der Waals surface area contributed by atoms with Gasteiger partial charge in [0.05, 0.1) is 0 Å². The molecule has 0 amide bonds. The summed E-state index contributed by atoms with van der Waals surface area (Å²) in [4.78, 5) is 0. The first kappa shape index (κ1) is 21.7. The molecular formula is C25H40. The lowest BCUT2D eigenvalue weighted by Gasteiger charge is -2.28. The molecular weight excluding hydrogens is 300 g/mol. The average molecular weight is 341 g/mol. The Bertz CT molecular complexity index is 532. The van der Waals surface area contributed by atoms with Crippen LogP contribution in [0.25, 0.3) is 5.57 Å². The molecule has 25 heavy (non-hydrogen) atoms. The maximum absolute atomic E-state index is 4.61. The average Bonchev–Trinajstić information content (AvgIpc) is 2.59. The molecule has 0 radical (unpaired) electrons. The number of allylic oxidation sites excluding steroid dienone is 3. The molecule has 0 N–H and O–H groups in total. The van der Waals surface area contributed by atoms with Gasteiger partial charge in [-0.2, -0.15) is 0 Å². The maximum atomic E-state index is 4.61. The fourth-order valence-electron chi connectivity index (χ4n) is 3.93. The molecule has 2 atom stereocenters. The van der Waals surface area contributed by atoms with Gasteiger partial charge in [-0.05, 0) is 49.2 Å². The van der Waals surface area contributed by atoms with Gasteiger partial charge in [0.1, 0.15) is 0 Å². The largest absolute Gasteiger partial charge is 0.0990 e. The summed E-state index contributed by atoms with van der Waals surface area (Å²) in [6, 6.07) is 11.0. The minimum atomic E-state index is 0.428. The van der Waals surface area contributed by atoms with Gasteiger partial charge in [0.25, 0.3) is 0 Å². The zero-order valence-corrected chi connectivity index (χ0v) is 17.6. The molecule has 0 aliphatic rings. The van der Waals surface area contributed by atoms with Crippen molar-refractivity contribution in [3.63, 3.8) is 0 Å². The summed E-state index contributed by atoms with van der Waals surface area (Å²) in [5, 5.41) is 0. The number of rotatable bonds is 11. The topological polar surface area (TPSA) is 0 Å². The van der Waals surface area contributed by atoms with Crippen LogP contribution in [0.1, 0.15) is 85.6 Å². The van der Waals surface area contributed by atoms with E-state index in [9.17, 15) is 0 Å². The maximum Gasteiger partial charge on any atom is 0.00252 e. The van der Waals surface area contributed by atoms with Crippen LogP contribution in [0.3, 0.4) is 0 Å². The molecule has 1 rings (SSSR count). The van der Waals surface area contributed by atoms with E-state index in [-0.39, 0.29) is 0 Å². The molecule has 1 aromatic carbocycles. The Morgan fingerprint density at radius 3 is 2.08 bits per heavy atom. The van der Waals surface area contributed by atoms with Crippen molar-refractivity contribution in [1.29, 1.82) is 0 Å². The van der Waals surface area contributed by atoms with E-state index in [2.05, 4.69) is 78.5 Å². The molecule has 0 bridgehead atoms. The molecule has 0 heteroatoms. The summed E-state index contributed by atoms with van der Waals surface area (Å²) in [7, 11) is 0. The Labute approximate surface area is 157 Å². The highest BCUT2D eigenvalue weighted by molar-refractivity contribution is 5.72. The SMILES string of the molecule is C=C(C(CCC)CCC(C)C)C(C)/C(=C(/C)CCC)c1ccccc1. The van der Waals surface area contributed by atoms with Crippen LogP contribution in [0.2, 0.25) is 0 Å². The van der Waals surface area contributed by atoms with Crippen LogP contribution in [0.5, 0.6) is 0 Å². The highest BCUT2D eigenvalue weighted by Gasteiger charge is 2.22. The van der Waals surface area contributed by atoms with Gasteiger partial charge in [-0.1, -0.05) is 102 Å². The lowest BCUT2D eigenvalue weighted by atomic mass is 9.77. The van der Waals surface area contributed by atoms with Gasteiger partial charge in [-0.15, -0.1) is 0 Å². The van der Waals surface area contributed by atoms with Crippen LogP contribution < -0.4 is 0 Å². The molecule has 0 aliphatic heterocycles. The van der Waals surface area contributed by atoms with Gasteiger partial charge in [0.2, 0.25) is 0 Å². The summed E-state index contributed by atoms with van der Waals surface area (Å²) in [5.74, 6) is 1.85. The van der Waals surface area contributed by atoms with Gasteiger partial charge >= 0.3 is 0 Å². The van der Waals surface area contributed by atoms with Gasteiger partial charge < -0.3 is 0 Å². The molecule has 0 saturated heterocycles. The van der Waals surface area contributed by atoms with Crippen LogP contribution >= 0.6 is 0 Å². The quantitative estimate of drug-likeness (QED) is 0.355. The molecule has 140 valence electrons. The van der Waals surface area contributed by atoms with E-state index in [0.717, 1.165) is 5.92 Å². The lowest BCUT2D eigenvalue weighted by molar-refractivity contribution is 0.426. The number of benzene rings is 1. The molecule has 2 unspecified atom stereocenters. The third-order valence-corrected chi connectivity index (χ3v) is 5.41. The van der Waals surface area contributed by atoms with Crippen LogP contribution in [0.4, 0.5) is 0 Å². The van der Waals surface area contributed by atoms with E-state index in [4.69, 9.17) is 0 Å². The van der Waals surface area contributed by atoms with Crippen LogP contribution in [-0.2, 0) is 0 Å². The minimum Gasteiger partial charge on any atom is -0.0990 e. The van der Waals surface area contributed by atoms with E-state index in [1.54, 1.807) is 0 Å². The Kier molecular flexibility index (Phi) is 9.86. The summed E-state index contributed by atoms with van der Waals surface area (Å²) in [6.45, 7) is 18.5. The first-order valence-electron chi connectivity index (χ1n) is 10.4. The summed E-state index contributed by atoms with van der Waals surface area (Å²) < 4.78 is 0. The Hall–Kier alpha value is -1.30. The van der Waals surface area contributed by atoms with Crippen molar-refractivity contribution in [2.75, 3.05) is 0 Å². The molecule has 0 spiro atoms. The second-order valence-corrected chi connectivity index (χ2v) is 8.06. The monoisotopic (exact) mass is 340 g/mol. The molecule has 0 fully saturated rings. The highest BCUT2D eigenvalue weighted by Crippen LogP contribution is 2.38.